The lowest BCUT2D eigenvalue weighted by Gasteiger charge is -2.16. The minimum absolute atomic E-state index is 0.125. The zero-order valence-electron chi connectivity index (χ0n) is 17.0. The Morgan fingerprint density at radius 1 is 1.19 bits per heavy atom. The molecule has 10 heteroatoms. The summed E-state index contributed by atoms with van der Waals surface area (Å²) in [5, 5.41) is 0. The van der Waals surface area contributed by atoms with E-state index in [1.54, 1.807) is 22.5 Å². The minimum atomic E-state index is -4.52. The highest BCUT2D eigenvalue weighted by Crippen LogP contribution is 2.36. The molecule has 0 atom stereocenters. The van der Waals surface area contributed by atoms with Crippen LogP contribution in [-0.4, -0.2) is 31.9 Å². The van der Waals surface area contributed by atoms with Gasteiger partial charge in [-0.05, 0) is 49.9 Å². The molecule has 1 aliphatic heterocycles. The van der Waals surface area contributed by atoms with E-state index in [-0.39, 0.29) is 17.5 Å². The summed E-state index contributed by atoms with van der Waals surface area (Å²) in [6.07, 6.45) is -1.64. The van der Waals surface area contributed by atoms with Crippen LogP contribution >= 0.6 is 0 Å². The van der Waals surface area contributed by atoms with E-state index < -0.39 is 17.6 Å². The Bertz CT molecular complexity index is 1200. The standard InChI is InChI=1S/C22H18F4N4O2/c1-12-19(30-11-29(10-13-2-3-13)21(31)20(30)28-12)14-4-6-17(16(23)8-14)32-18-7-5-15(9-27-18)22(24,25)26/h4-9,13H,2-3,10-11H2,1H3. The molecule has 0 radical (unpaired) electrons. The van der Waals surface area contributed by atoms with Crippen molar-refractivity contribution in [3.8, 4) is 22.9 Å². The van der Waals surface area contributed by atoms with Crippen LogP contribution in [0, 0.1) is 18.7 Å². The topological polar surface area (TPSA) is 60.2 Å². The number of aromatic nitrogens is 3. The maximum atomic E-state index is 14.8. The molecule has 1 aromatic carbocycles. The van der Waals surface area contributed by atoms with Gasteiger partial charge in [-0.3, -0.25) is 4.79 Å². The van der Waals surface area contributed by atoms with Crippen molar-refractivity contribution in [3.63, 3.8) is 0 Å². The first-order valence-electron chi connectivity index (χ1n) is 10.1. The third kappa shape index (κ3) is 3.69. The second kappa shape index (κ2) is 7.32. The average Bonchev–Trinajstić information content (AvgIpc) is 3.43. The van der Waals surface area contributed by atoms with Gasteiger partial charge in [0, 0.05) is 24.4 Å². The highest BCUT2D eigenvalue weighted by Gasteiger charge is 2.36. The third-order valence-electron chi connectivity index (χ3n) is 5.59. The zero-order chi connectivity index (χ0) is 22.6. The number of nitrogens with zero attached hydrogens (tertiary/aromatic N) is 4. The zero-order valence-corrected chi connectivity index (χ0v) is 17.0. The number of alkyl halides is 3. The molecule has 6 nitrogen and oxygen atoms in total. The fourth-order valence-electron chi connectivity index (χ4n) is 3.82. The number of ether oxygens (including phenoxy) is 1. The summed E-state index contributed by atoms with van der Waals surface area (Å²) in [6, 6.07) is 6.10. The largest absolute Gasteiger partial charge is 0.436 e. The fraction of sp³-hybridized carbons (Fsp3) is 0.318. The van der Waals surface area contributed by atoms with Gasteiger partial charge >= 0.3 is 6.18 Å². The lowest BCUT2D eigenvalue weighted by atomic mass is 10.1. The van der Waals surface area contributed by atoms with Gasteiger partial charge in [-0.25, -0.2) is 14.4 Å². The Morgan fingerprint density at radius 2 is 1.97 bits per heavy atom. The van der Waals surface area contributed by atoms with Crippen LogP contribution < -0.4 is 4.74 Å². The van der Waals surface area contributed by atoms with E-state index in [9.17, 15) is 22.4 Å². The number of carbonyl (C=O) groups is 1. The molecule has 1 amide bonds. The van der Waals surface area contributed by atoms with Gasteiger partial charge < -0.3 is 14.2 Å². The first-order valence-corrected chi connectivity index (χ1v) is 10.1. The normalized spacial score (nSPS) is 15.9. The predicted molar refractivity (Wildman–Crippen MR) is 105 cm³/mol. The first kappa shape index (κ1) is 20.5. The second-order valence-corrected chi connectivity index (χ2v) is 8.04. The molecule has 1 aliphatic carbocycles. The number of carbonyl (C=O) groups excluding carboxylic acids is 1. The average molecular weight is 446 g/mol. The summed E-state index contributed by atoms with van der Waals surface area (Å²) < 4.78 is 59.9. The van der Waals surface area contributed by atoms with E-state index in [1.807, 2.05) is 0 Å². The molecule has 1 fully saturated rings. The van der Waals surface area contributed by atoms with Gasteiger partial charge in [0.2, 0.25) is 11.7 Å². The molecule has 2 aliphatic rings. The van der Waals surface area contributed by atoms with Crippen LogP contribution in [0.25, 0.3) is 11.3 Å². The quantitative estimate of drug-likeness (QED) is 0.516. The number of amides is 1. The molecule has 0 spiro atoms. The number of rotatable bonds is 5. The van der Waals surface area contributed by atoms with Gasteiger partial charge in [0.05, 0.1) is 23.6 Å². The van der Waals surface area contributed by atoms with Crippen molar-refractivity contribution < 1.29 is 27.1 Å². The van der Waals surface area contributed by atoms with E-state index in [2.05, 4.69) is 9.97 Å². The molecular weight excluding hydrogens is 428 g/mol. The number of imidazole rings is 1. The van der Waals surface area contributed by atoms with E-state index >= 15 is 0 Å². The molecular formula is C22H18F4N4O2. The fourth-order valence-corrected chi connectivity index (χ4v) is 3.82. The number of fused-ring (bicyclic) bond motifs is 1. The van der Waals surface area contributed by atoms with Crippen molar-refractivity contribution in [2.45, 2.75) is 32.6 Å². The van der Waals surface area contributed by atoms with Crippen molar-refractivity contribution in [2.24, 2.45) is 5.92 Å². The number of hydrogen-bond donors (Lipinski definition) is 0. The molecule has 0 unspecified atom stereocenters. The molecule has 5 rings (SSSR count). The lowest BCUT2D eigenvalue weighted by molar-refractivity contribution is -0.137. The number of hydrogen-bond acceptors (Lipinski definition) is 4. The molecule has 3 heterocycles. The molecule has 32 heavy (non-hydrogen) atoms. The van der Waals surface area contributed by atoms with Crippen LogP contribution in [0.4, 0.5) is 17.6 Å². The predicted octanol–water partition coefficient (Wildman–Crippen LogP) is 5.03. The number of pyridine rings is 1. The molecule has 166 valence electrons. The summed E-state index contributed by atoms with van der Waals surface area (Å²) in [4.78, 5) is 22.4. The van der Waals surface area contributed by atoms with Gasteiger partial charge in [0.1, 0.15) is 0 Å². The molecule has 0 saturated heterocycles. The van der Waals surface area contributed by atoms with Crippen molar-refractivity contribution >= 4 is 5.91 Å². The van der Waals surface area contributed by atoms with Crippen LogP contribution in [0.5, 0.6) is 11.6 Å². The Kier molecular flexibility index (Phi) is 4.68. The van der Waals surface area contributed by atoms with Crippen LogP contribution in [0.3, 0.4) is 0 Å². The van der Waals surface area contributed by atoms with Crippen molar-refractivity contribution in [1.29, 1.82) is 0 Å². The van der Waals surface area contributed by atoms with Gasteiger partial charge in [0.15, 0.2) is 11.6 Å². The highest BCUT2D eigenvalue weighted by molar-refractivity contribution is 5.94. The molecule has 0 bridgehead atoms. The minimum Gasteiger partial charge on any atom is -0.436 e. The maximum Gasteiger partial charge on any atom is 0.417 e. The summed E-state index contributed by atoms with van der Waals surface area (Å²) in [6.45, 7) is 2.83. The Morgan fingerprint density at radius 3 is 2.59 bits per heavy atom. The van der Waals surface area contributed by atoms with E-state index in [4.69, 9.17) is 4.74 Å². The Balaban J connectivity index is 1.39. The van der Waals surface area contributed by atoms with Crippen LogP contribution in [0.1, 0.15) is 34.7 Å². The van der Waals surface area contributed by atoms with Crippen LogP contribution in [0.2, 0.25) is 0 Å². The molecule has 1 saturated carbocycles. The van der Waals surface area contributed by atoms with Crippen LogP contribution in [0.15, 0.2) is 36.5 Å². The number of aryl methyl sites for hydroxylation is 1. The van der Waals surface area contributed by atoms with E-state index in [0.717, 1.165) is 25.0 Å². The van der Waals surface area contributed by atoms with Gasteiger partial charge in [0.25, 0.3) is 5.91 Å². The lowest BCUT2D eigenvalue weighted by Crippen LogP contribution is -2.27. The summed E-state index contributed by atoms with van der Waals surface area (Å²) in [5.74, 6) is -0.286. The number of halogens is 4. The second-order valence-electron chi connectivity index (χ2n) is 8.04. The summed E-state index contributed by atoms with van der Waals surface area (Å²) >= 11 is 0. The molecule has 3 aromatic rings. The molecule has 2 aromatic heterocycles. The van der Waals surface area contributed by atoms with Gasteiger partial charge in [-0.1, -0.05) is 0 Å². The van der Waals surface area contributed by atoms with Crippen molar-refractivity contribution in [3.05, 3.63) is 59.4 Å². The summed E-state index contributed by atoms with van der Waals surface area (Å²) in [5.41, 5.74) is 0.852. The van der Waals surface area contributed by atoms with Gasteiger partial charge in [-0.15, -0.1) is 0 Å². The highest BCUT2D eigenvalue weighted by atomic mass is 19.4. The smallest absolute Gasteiger partial charge is 0.417 e. The SMILES string of the molecule is Cc1nc2n(c1-c1ccc(Oc3ccc(C(F)(F)F)cn3)c(F)c1)CN(CC1CC1)C2=O. The summed E-state index contributed by atoms with van der Waals surface area (Å²) in [7, 11) is 0. The maximum absolute atomic E-state index is 14.8. The van der Waals surface area contributed by atoms with Gasteiger partial charge in [-0.2, -0.15) is 13.2 Å². The Labute approximate surface area is 180 Å². The first-order chi connectivity index (χ1) is 15.2. The van der Waals surface area contributed by atoms with E-state index in [0.29, 0.717) is 48.1 Å². The van der Waals surface area contributed by atoms with Crippen LogP contribution in [-0.2, 0) is 12.8 Å². The monoisotopic (exact) mass is 446 g/mol. The Hall–Kier alpha value is -3.43. The van der Waals surface area contributed by atoms with Crippen molar-refractivity contribution in [1.82, 2.24) is 19.4 Å². The van der Waals surface area contributed by atoms with Crippen molar-refractivity contribution in [2.75, 3.05) is 6.54 Å². The van der Waals surface area contributed by atoms with E-state index in [1.165, 1.54) is 12.1 Å². The molecule has 0 N–H and O–H groups in total. The number of benzene rings is 1. The third-order valence-corrected chi connectivity index (χ3v) is 5.59.